The van der Waals surface area contributed by atoms with Crippen LogP contribution >= 0.6 is 0 Å². The zero-order chi connectivity index (χ0) is 20.4. The summed E-state index contributed by atoms with van der Waals surface area (Å²) in [4.78, 5) is 15.0. The maximum absolute atomic E-state index is 13.3. The Morgan fingerprint density at radius 2 is 2.07 bits per heavy atom. The fraction of sp³-hybridized carbons (Fsp3) is 0.304. The number of nitrogens with zero attached hydrogens (tertiary/aromatic N) is 3. The average molecular weight is 393 g/mol. The first-order chi connectivity index (χ1) is 14.0. The summed E-state index contributed by atoms with van der Waals surface area (Å²) in [5.41, 5.74) is 3.79. The Labute approximate surface area is 169 Å². The molecule has 1 saturated heterocycles. The number of hydrogen-bond acceptors (Lipinski definition) is 3. The van der Waals surface area contributed by atoms with Gasteiger partial charge in [0.25, 0.3) is 5.91 Å². The van der Waals surface area contributed by atoms with Crippen LogP contribution in [0, 0.1) is 12.7 Å². The number of amides is 1. The standard InChI is InChI=1S/C23H24FN3O2/c1-16-5-3-6-17(13-16)22-21(23(28)26(2)14-20-7-4-12-29-20)15-27(25-22)19-10-8-18(24)9-11-19/h3,5-6,8-11,13,15,20H,4,7,12,14H2,1-2H3. The molecule has 1 atom stereocenters. The third-order valence-electron chi connectivity index (χ3n) is 5.18. The van der Waals surface area contributed by atoms with Gasteiger partial charge in [0.15, 0.2) is 0 Å². The van der Waals surface area contributed by atoms with Crippen molar-refractivity contribution in [3.8, 4) is 16.9 Å². The molecular formula is C23H24FN3O2. The maximum atomic E-state index is 13.3. The van der Waals surface area contributed by atoms with Crippen molar-refractivity contribution in [3.63, 3.8) is 0 Å². The van der Waals surface area contributed by atoms with Gasteiger partial charge in [-0.25, -0.2) is 9.07 Å². The van der Waals surface area contributed by atoms with Gasteiger partial charge in [-0.2, -0.15) is 5.10 Å². The lowest BCUT2D eigenvalue weighted by Gasteiger charge is -2.20. The topological polar surface area (TPSA) is 47.4 Å². The summed E-state index contributed by atoms with van der Waals surface area (Å²) in [6, 6.07) is 14.0. The quantitative estimate of drug-likeness (QED) is 0.652. The van der Waals surface area contributed by atoms with E-state index in [0.717, 1.165) is 30.6 Å². The van der Waals surface area contributed by atoms with Crippen LogP contribution < -0.4 is 0 Å². The molecule has 150 valence electrons. The molecule has 1 aromatic heterocycles. The minimum Gasteiger partial charge on any atom is -0.376 e. The summed E-state index contributed by atoms with van der Waals surface area (Å²) >= 11 is 0. The van der Waals surface area contributed by atoms with Crippen LogP contribution in [0.3, 0.4) is 0 Å². The summed E-state index contributed by atoms with van der Waals surface area (Å²) in [7, 11) is 1.79. The molecule has 2 heterocycles. The SMILES string of the molecule is Cc1cccc(-c2nn(-c3ccc(F)cc3)cc2C(=O)N(C)CC2CCCO2)c1. The second-order valence-electron chi connectivity index (χ2n) is 7.50. The first-order valence-corrected chi connectivity index (χ1v) is 9.81. The highest BCUT2D eigenvalue weighted by Gasteiger charge is 2.25. The zero-order valence-corrected chi connectivity index (χ0v) is 16.6. The first kappa shape index (κ1) is 19.3. The lowest BCUT2D eigenvalue weighted by Crippen LogP contribution is -2.34. The van der Waals surface area contributed by atoms with E-state index < -0.39 is 0 Å². The van der Waals surface area contributed by atoms with E-state index in [4.69, 9.17) is 4.74 Å². The largest absolute Gasteiger partial charge is 0.376 e. The van der Waals surface area contributed by atoms with E-state index in [1.165, 1.54) is 12.1 Å². The monoisotopic (exact) mass is 393 g/mol. The maximum Gasteiger partial charge on any atom is 0.257 e. The van der Waals surface area contributed by atoms with Crippen molar-refractivity contribution in [1.29, 1.82) is 0 Å². The van der Waals surface area contributed by atoms with Gasteiger partial charge in [-0.3, -0.25) is 4.79 Å². The zero-order valence-electron chi connectivity index (χ0n) is 16.6. The number of rotatable bonds is 5. The van der Waals surface area contributed by atoms with E-state index in [1.807, 2.05) is 31.2 Å². The van der Waals surface area contributed by atoms with Crippen molar-refractivity contribution in [3.05, 3.63) is 71.7 Å². The van der Waals surface area contributed by atoms with E-state index >= 15 is 0 Å². The minimum absolute atomic E-state index is 0.0820. The molecule has 5 nitrogen and oxygen atoms in total. The Morgan fingerprint density at radius 3 is 2.76 bits per heavy atom. The Bertz CT molecular complexity index is 1010. The van der Waals surface area contributed by atoms with Gasteiger partial charge < -0.3 is 9.64 Å². The first-order valence-electron chi connectivity index (χ1n) is 9.81. The lowest BCUT2D eigenvalue weighted by molar-refractivity contribution is 0.0587. The van der Waals surface area contributed by atoms with Gasteiger partial charge in [0.2, 0.25) is 0 Å². The summed E-state index contributed by atoms with van der Waals surface area (Å²) < 4.78 is 20.6. The third kappa shape index (κ3) is 4.22. The molecule has 0 aliphatic carbocycles. The second-order valence-corrected chi connectivity index (χ2v) is 7.50. The molecule has 1 aliphatic rings. The van der Waals surface area contributed by atoms with E-state index in [9.17, 15) is 9.18 Å². The van der Waals surface area contributed by atoms with Gasteiger partial charge >= 0.3 is 0 Å². The molecule has 1 unspecified atom stereocenters. The third-order valence-corrected chi connectivity index (χ3v) is 5.18. The van der Waals surface area contributed by atoms with E-state index in [1.54, 1.807) is 35.0 Å². The van der Waals surface area contributed by atoms with Crippen LogP contribution in [0.15, 0.2) is 54.7 Å². The second kappa shape index (κ2) is 8.17. The summed E-state index contributed by atoms with van der Waals surface area (Å²) in [5.74, 6) is -0.419. The number of aryl methyl sites for hydroxylation is 1. The molecule has 1 aliphatic heterocycles. The molecule has 0 bridgehead atoms. The average Bonchev–Trinajstić information content (AvgIpc) is 3.38. The van der Waals surface area contributed by atoms with Crippen LogP contribution in [-0.2, 0) is 4.74 Å². The number of carbonyl (C=O) groups is 1. The molecule has 1 amide bonds. The number of aromatic nitrogens is 2. The van der Waals surface area contributed by atoms with E-state index in [0.29, 0.717) is 23.5 Å². The molecule has 0 saturated carbocycles. The van der Waals surface area contributed by atoms with Gasteiger partial charge in [-0.1, -0.05) is 23.8 Å². The minimum atomic E-state index is -0.313. The number of carbonyl (C=O) groups excluding carboxylic acids is 1. The molecular weight excluding hydrogens is 369 g/mol. The van der Waals surface area contributed by atoms with Gasteiger partial charge in [-0.15, -0.1) is 0 Å². The summed E-state index contributed by atoms with van der Waals surface area (Å²) in [5, 5.41) is 4.67. The van der Waals surface area contributed by atoms with Crippen LogP contribution in [0.5, 0.6) is 0 Å². The van der Waals surface area contributed by atoms with Crippen molar-refractivity contribution < 1.29 is 13.9 Å². The Balaban J connectivity index is 1.71. The number of benzene rings is 2. The predicted octanol–water partition coefficient (Wildman–Crippen LogP) is 4.24. The molecule has 0 spiro atoms. The van der Waals surface area contributed by atoms with E-state index in [2.05, 4.69) is 5.10 Å². The number of halogens is 1. The number of likely N-dealkylation sites (N-methyl/N-ethyl adjacent to an activating group) is 1. The van der Waals surface area contributed by atoms with Crippen LogP contribution in [0.25, 0.3) is 16.9 Å². The smallest absolute Gasteiger partial charge is 0.257 e. The van der Waals surface area contributed by atoms with Crippen molar-refractivity contribution in [2.24, 2.45) is 0 Å². The van der Waals surface area contributed by atoms with Crippen LogP contribution in [-0.4, -0.2) is 46.9 Å². The molecule has 6 heteroatoms. The van der Waals surface area contributed by atoms with Gasteiger partial charge in [0, 0.05) is 32.0 Å². The molecule has 0 N–H and O–H groups in total. The van der Waals surface area contributed by atoms with Crippen molar-refractivity contribution in [2.45, 2.75) is 25.9 Å². The highest BCUT2D eigenvalue weighted by atomic mass is 19.1. The Morgan fingerprint density at radius 1 is 1.28 bits per heavy atom. The van der Waals surface area contributed by atoms with Gasteiger partial charge in [0.1, 0.15) is 11.5 Å². The molecule has 0 radical (unpaired) electrons. The van der Waals surface area contributed by atoms with Crippen molar-refractivity contribution in [1.82, 2.24) is 14.7 Å². The van der Waals surface area contributed by atoms with E-state index in [-0.39, 0.29) is 17.8 Å². The van der Waals surface area contributed by atoms with Gasteiger partial charge in [0.05, 0.1) is 17.4 Å². The van der Waals surface area contributed by atoms with Crippen molar-refractivity contribution in [2.75, 3.05) is 20.2 Å². The summed E-state index contributed by atoms with van der Waals surface area (Å²) in [6.45, 7) is 3.31. The molecule has 1 fully saturated rings. The number of hydrogen-bond donors (Lipinski definition) is 0. The van der Waals surface area contributed by atoms with Crippen LogP contribution in [0.4, 0.5) is 4.39 Å². The normalized spacial score (nSPS) is 16.2. The molecule has 4 rings (SSSR count). The fourth-order valence-corrected chi connectivity index (χ4v) is 3.64. The highest BCUT2D eigenvalue weighted by molar-refractivity contribution is 5.99. The molecule has 29 heavy (non-hydrogen) atoms. The van der Waals surface area contributed by atoms with Crippen LogP contribution in [0.2, 0.25) is 0 Å². The molecule has 2 aromatic carbocycles. The number of ether oxygens (including phenoxy) is 1. The van der Waals surface area contributed by atoms with Crippen molar-refractivity contribution >= 4 is 5.91 Å². The molecule has 3 aromatic rings. The predicted molar refractivity (Wildman–Crippen MR) is 110 cm³/mol. The Kier molecular flexibility index (Phi) is 5.45. The fourth-order valence-electron chi connectivity index (χ4n) is 3.64. The summed E-state index contributed by atoms with van der Waals surface area (Å²) in [6.07, 6.45) is 3.80. The lowest BCUT2D eigenvalue weighted by atomic mass is 10.0. The highest BCUT2D eigenvalue weighted by Crippen LogP contribution is 2.26. The Hall–Kier alpha value is -2.99. The van der Waals surface area contributed by atoms with Gasteiger partial charge in [-0.05, 0) is 50.1 Å². The van der Waals surface area contributed by atoms with Crippen LogP contribution in [0.1, 0.15) is 28.8 Å².